The van der Waals surface area contributed by atoms with Crippen molar-refractivity contribution >= 4 is 39.8 Å². The van der Waals surface area contributed by atoms with Crippen LogP contribution in [-0.2, 0) is 0 Å². The Labute approximate surface area is 121 Å². The summed E-state index contributed by atoms with van der Waals surface area (Å²) >= 11 is 3.83. The van der Waals surface area contributed by atoms with Crippen LogP contribution in [0, 0.1) is 2.88 Å². The van der Waals surface area contributed by atoms with Crippen LogP contribution in [0.1, 0.15) is 30.6 Å². The van der Waals surface area contributed by atoms with E-state index in [4.69, 9.17) is 0 Å². The van der Waals surface area contributed by atoms with E-state index in [1.165, 1.54) is 0 Å². The van der Waals surface area contributed by atoms with Crippen LogP contribution < -0.4 is 5.32 Å². The molecule has 0 unspecified atom stereocenters. The molecular formula is C12H19IN2OS. The van der Waals surface area contributed by atoms with Crippen molar-refractivity contribution in [3.8, 4) is 0 Å². The molecule has 1 aromatic heterocycles. The lowest BCUT2D eigenvalue weighted by Crippen LogP contribution is -2.35. The summed E-state index contributed by atoms with van der Waals surface area (Å²) in [5.74, 6) is 0.0386. The van der Waals surface area contributed by atoms with Gasteiger partial charge in [-0.1, -0.05) is 13.8 Å². The molecule has 1 heterocycles. The third kappa shape index (κ3) is 5.35. The van der Waals surface area contributed by atoms with Crippen LogP contribution in [0.3, 0.4) is 0 Å². The number of likely N-dealkylation sites (N-methyl/N-ethyl adjacent to an activating group) is 1. The third-order valence-electron chi connectivity index (χ3n) is 2.53. The first-order valence-electron chi connectivity index (χ1n) is 5.92. The van der Waals surface area contributed by atoms with E-state index in [9.17, 15) is 4.79 Å². The number of thiophene rings is 1. The maximum Gasteiger partial charge on any atom is 0.252 e. The topological polar surface area (TPSA) is 32.3 Å². The van der Waals surface area contributed by atoms with Gasteiger partial charge < -0.3 is 10.2 Å². The summed E-state index contributed by atoms with van der Waals surface area (Å²) < 4.78 is 1.15. The van der Waals surface area contributed by atoms with Crippen molar-refractivity contribution in [1.82, 2.24) is 10.2 Å². The van der Waals surface area contributed by atoms with E-state index in [-0.39, 0.29) is 5.91 Å². The van der Waals surface area contributed by atoms with Crippen molar-refractivity contribution in [2.45, 2.75) is 20.3 Å². The molecule has 1 rings (SSSR count). The van der Waals surface area contributed by atoms with Crippen LogP contribution in [0.25, 0.3) is 0 Å². The van der Waals surface area contributed by atoms with E-state index in [2.05, 4.69) is 46.7 Å². The molecule has 0 bridgehead atoms. The molecule has 3 nitrogen and oxygen atoms in total. The van der Waals surface area contributed by atoms with Gasteiger partial charge in [0.05, 0.1) is 8.45 Å². The van der Waals surface area contributed by atoms with Gasteiger partial charge in [-0.15, -0.1) is 11.3 Å². The van der Waals surface area contributed by atoms with Crippen molar-refractivity contribution in [1.29, 1.82) is 0 Å². The molecule has 0 saturated heterocycles. The average molecular weight is 366 g/mol. The predicted octanol–water partition coefficient (Wildman–Crippen LogP) is 2.81. The Morgan fingerprint density at radius 1 is 1.47 bits per heavy atom. The number of carbonyl (C=O) groups is 1. The van der Waals surface area contributed by atoms with Gasteiger partial charge in [-0.2, -0.15) is 0 Å². The second-order valence-corrected chi connectivity index (χ2v) is 6.64. The fourth-order valence-corrected chi connectivity index (χ4v) is 2.93. The predicted molar refractivity (Wildman–Crippen MR) is 81.8 cm³/mol. The quantitative estimate of drug-likeness (QED) is 0.753. The van der Waals surface area contributed by atoms with Gasteiger partial charge in [0.25, 0.3) is 5.91 Å². The molecule has 17 heavy (non-hydrogen) atoms. The highest BCUT2D eigenvalue weighted by Gasteiger charge is 2.07. The number of carbonyl (C=O) groups excluding carboxylic acids is 1. The fourth-order valence-electron chi connectivity index (χ4n) is 1.60. The number of nitrogens with one attached hydrogen (secondary N) is 1. The van der Waals surface area contributed by atoms with Gasteiger partial charge in [0, 0.05) is 18.5 Å². The Morgan fingerprint density at radius 3 is 2.76 bits per heavy atom. The molecule has 1 aromatic rings. The van der Waals surface area contributed by atoms with Gasteiger partial charge in [-0.25, -0.2) is 0 Å². The molecule has 0 saturated carbocycles. The highest BCUT2D eigenvalue weighted by molar-refractivity contribution is 14.1. The molecule has 0 aromatic carbocycles. The number of amides is 1. The second kappa shape index (κ2) is 8.05. The smallest absolute Gasteiger partial charge is 0.252 e. The molecule has 0 aliphatic heterocycles. The van der Waals surface area contributed by atoms with Crippen LogP contribution in [0.2, 0.25) is 0 Å². The van der Waals surface area contributed by atoms with E-state index < -0.39 is 0 Å². The number of rotatable bonds is 7. The van der Waals surface area contributed by atoms with Crippen LogP contribution in [-0.4, -0.2) is 37.0 Å². The van der Waals surface area contributed by atoms with Crippen molar-refractivity contribution in [2.24, 2.45) is 0 Å². The first kappa shape index (κ1) is 14.9. The van der Waals surface area contributed by atoms with E-state index in [1.54, 1.807) is 11.3 Å². The monoisotopic (exact) mass is 366 g/mol. The van der Waals surface area contributed by atoms with E-state index >= 15 is 0 Å². The normalized spacial score (nSPS) is 10.8. The molecule has 1 amide bonds. The van der Waals surface area contributed by atoms with Gasteiger partial charge in [0.2, 0.25) is 0 Å². The maximum absolute atomic E-state index is 11.8. The summed E-state index contributed by atoms with van der Waals surface area (Å²) in [5.41, 5.74) is 0.776. The number of hydrogen-bond donors (Lipinski definition) is 1. The summed E-state index contributed by atoms with van der Waals surface area (Å²) in [4.78, 5) is 14.1. The van der Waals surface area contributed by atoms with Gasteiger partial charge in [-0.05, 0) is 48.2 Å². The minimum Gasteiger partial charge on any atom is -0.351 e. The van der Waals surface area contributed by atoms with Gasteiger partial charge >= 0.3 is 0 Å². The van der Waals surface area contributed by atoms with Crippen molar-refractivity contribution in [3.63, 3.8) is 0 Å². The second-order valence-electron chi connectivity index (χ2n) is 3.83. The Bertz CT molecular complexity index is 354. The molecular weight excluding hydrogens is 347 g/mol. The zero-order chi connectivity index (χ0) is 12.7. The maximum atomic E-state index is 11.8. The summed E-state index contributed by atoms with van der Waals surface area (Å²) in [7, 11) is 0. The third-order valence-corrected chi connectivity index (χ3v) is 4.32. The number of nitrogens with zero attached hydrogens (tertiary/aromatic N) is 1. The molecule has 96 valence electrons. The van der Waals surface area contributed by atoms with E-state index in [1.807, 2.05) is 11.4 Å². The first-order valence-corrected chi connectivity index (χ1v) is 7.87. The van der Waals surface area contributed by atoms with Gasteiger partial charge in [-0.3, -0.25) is 4.79 Å². The Kier molecular flexibility index (Phi) is 7.06. The minimum atomic E-state index is 0.0386. The lowest BCUT2D eigenvalue weighted by Gasteiger charge is -2.19. The standard InChI is InChI=1S/C12H19IN2OS/c1-3-6-15(4-2)7-5-14-12(16)10-8-11(13)17-9-10/h8-9H,3-7H2,1-2H3,(H,14,16). The number of halogens is 1. The van der Waals surface area contributed by atoms with Crippen LogP contribution in [0.15, 0.2) is 11.4 Å². The SMILES string of the molecule is CCCN(CC)CCNC(=O)c1csc(I)c1. The molecule has 0 radical (unpaired) electrons. The molecule has 0 fully saturated rings. The first-order chi connectivity index (χ1) is 8.17. The molecule has 0 aliphatic carbocycles. The largest absolute Gasteiger partial charge is 0.351 e. The highest BCUT2D eigenvalue weighted by Crippen LogP contribution is 2.16. The Morgan fingerprint density at radius 2 is 2.24 bits per heavy atom. The Balaban J connectivity index is 2.28. The zero-order valence-corrected chi connectivity index (χ0v) is 13.3. The van der Waals surface area contributed by atoms with Gasteiger partial charge in [0.15, 0.2) is 0 Å². The summed E-state index contributed by atoms with van der Waals surface area (Å²) in [6.45, 7) is 8.12. The van der Waals surface area contributed by atoms with E-state index in [0.29, 0.717) is 0 Å². The van der Waals surface area contributed by atoms with Crippen LogP contribution in [0.4, 0.5) is 0 Å². The van der Waals surface area contributed by atoms with Crippen LogP contribution in [0.5, 0.6) is 0 Å². The summed E-state index contributed by atoms with van der Waals surface area (Å²) in [5, 5.41) is 4.86. The summed E-state index contributed by atoms with van der Waals surface area (Å²) in [6, 6.07) is 1.92. The van der Waals surface area contributed by atoms with E-state index in [0.717, 1.165) is 41.0 Å². The molecule has 0 atom stereocenters. The zero-order valence-electron chi connectivity index (χ0n) is 10.3. The van der Waals surface area contributed by atoms with Crippen molar-refractivity contribution in [2.75, 3.05) is 26.2 Å². The highest BCUT2D eigenvalue weighted by atomic mass is 127. The fraction of sp³-hybridized carbons (Fsp3) is 0.583. The summed E-state index contributed by atoms with van der Waals surface area (Å²) in [6.07, 6.45) is 1.16. The molecule has 0 aliphatic rings. The minimum absolute atomic E-state index is 0.0386. The van der Waals surface area contributed by atoms with Crippen molar-refractivity contribution < 1.29 is 4.79 Å². The molecule has 1 N–H and O–H groups in total. The van der Waals surface area contributed by atoms with Crippen LogP contribution >= 0.6 is 33.9 Å². The number of hydrogen-bond acceptors (Lipinski definition) is 3. The molecule has 5 heteroatoms. The van der Waals surface area contributed by atoms with Gasteiger partial charge in [0.1, 0.15) is 0 Å². The van der Waals surface area contributed by atoms with Crippen molar-refractivity contribution in [3.05, 3.63) is 19.9 Å². The lowest BCUT2D eigenvalue weighted by molar-refractivity contribution is 0.0949. The lowest BCUT2D eigenvalue weighted by atomic mass is 10.3. The molecule has 0 spiro atoms. The Hall–Kier alpha value is -0.140. The average Bonchev–Trinajstić information content (AvgIpc) is 2.74.